The highest BCUT2D eigenvalue weighted by Crippen LogP contribution is 2.20. The summed E-state index contributed by atoms with van der Waals surface area (Å²) in [4.78, 5) is 16.4. The lowest BCUT2D eigenvalue weighted by atomic mass is 9.97. The fourth-order valence-corrected chi connectivity index (χ4v) is 3.13. The standard InChI is InChI=1S/C17H31N3O2/c1-22-15-5-9-18-17(21)20-13-11-19(12-14-20)10-8-16-6-3-2-4-7-16/h6H,2-5,7-15H2,1H3,(H,18,21). The zero-order chi connectivity index (χ0) is 15.6. The highest BCUT2D eigenvalue weighted by Gasteiger charge is 2.20. The lowest BCUT2D eigenvalue weighted by molar-refractivity contribution is 0.138. The molecule has 1 fully saturated rings. The van der Waals surface area contributed by atoms with E-state index in [0.29, 0.717) is 13.2 Å². The molecule has 0 unspecified atom stereocenters. The molecule has 2 aliphatic rings. The lowest BCUT2D eigenvalue weighted by Crippen LogP contribution is -2.52. The molecule has 1 aliphatic heterocycles. The van der Waals surface area contributed by atoms with Crippen molar-refractivity contribution in [3.63, 3.8) is 0 Å². The highest BCUT2D eigenvalue weighted by atomic mass is 16.5. The Balaban J connectivity index is 1.58. The monoisotopic (exact) mass is 309 g/mol. The molecule has 126 valence electrons. The molecule has 5 nitrogen and oxygen atoms in total. The lowest BCUT2D eigenvalue weighted by Gasteiger charge is -2.35. The van der Waals surface area contributed by atoms with Gasteiger partial charge < -0.3 is 15.0 Å². The van der Waals surface area contributed by atoms with Crippen LogP contribution in [0, 0.1) is 0 Å². The predicted molar refractivity (Wildman–Crippen MR) is 89.1 cm³/mol. The zero-order valence-corrected chi connectivity index (χ0v) is 14.0. The van der Waals surface area contributed by atoms with Gasteiger partial charge in [0, 0.05) is 53.0 Å². The van der Waals surface area contributed by atoms with Crippen LogP contribution in [-0.4, -0.2) is 68.8 Å². The quantitative estimate of drug-likeness (QED) is 0.579. The molecule has 0 atom stereocenters. The maximum Gasteiger partial charge on any atom is 0.317 e. The average Bonchev–Trinajstić information content (AvgIpc) is 2.58. The van der Waals surface area contributed by atoms with Crippen LogP contribution in [0.2, 0.25) is 0 Å². The second kappa shape index (κ2) is 9.85. The van der Waals surface area contributed by atoms with Crippen molar-refractivity contribution in [3.8, 4) is 0 Å². The largest absolute Gasteiger partial charge is 0.385 e. The third-order valence-corrected chi connectivity index (χ3v) is 4.60. The van der Waals surface area contributed by atoms with E-state index in [4.69, 9.17) is 4.74 Å². The summed E-state index contributed by atoms with van der Waals surface area (Å²) in [7, 11) is 1.68. The first-order valence-corrected chi connectivity index (χ1v) is 8.71. The van der Waals surface area contributed by atoms with Gasteiger partial charge in [0.05, 0.1) is 0 Å². The van der Waals surface area contributed by atoms with Crippen molar-refractivity contribution in [2.45, 2.75) is 38.5 Å². The summed E-state index contributed by atoms with van der Waals surface area (Å²) in [5, 5.41) is 2.97. The maximum atomic E-state index is 12.0. The van der Waals surface area contributed by atoms with Crippen LogP contribution in [0.5, 0.6) is 0 Å². The number of allylic oxidation sites excluding steroid dienone is 1. The van der Waals surface area contributed by atoms with Gasteiger partial charge in [0.25, 0.3) is 0 Å². The van der Waals surface area contributed by atoms with Crippen molar-refractivity contribution in [2.75, 3.05) is 53.0 Å². The molecular formula is C17H31N3O2. The number of methoxy groups -OCH3 is 1. The Morgan fingerprint density at radius 3 is 2.77 bits per heavy atom. The van der Waals surface area contributed by atoms with Crippen molar-refractivity contribution < 1.29 is 9.53 Å². The van der Waals surface area contributed by atoms with Gasteiger partial charge in [-0.15, -0.1) is 0 Å². The number of nitrogens with one attached hydrogen (secondary N) is 1. The van der Waals surface area contributed by atoms with Crippen molar-refractivity contribution in [1.29, 1.82) is 0 Å². The van der Waals surface area contributed by atoms with Crippen LogP contribution in [0.3, 0.4) is 0 Å². The first-order valence-electron chi connectivity index (χ1n) is 8.71. The second-order valence-corrected chi connectivity index (χ2v) is 6.27. The molecule has 0 saturated carbocycles. The molecule has 1 aliphatic carbocycles. The number of carbonyl (C=O) groups is 1. The summed E-state index contributed by atoms with van der Waals surface area (Å²) in [5.41, 5.74) is 1.64. The second-order valence-electron chi connectivity index (χ2n) is 6.27. The minimum absolute atomic E-state index is 0.0748. The third kappa shape index (κ3) is 5.97. The summed E-state index contributed by atoms with van der Waals surface area (Å²) in [5.74, 6) is 0. The van der Waals surface area contributed by atoms with Crippen LogP contribution in [0.15, 0.2) is 11.6 Å². The van der Waals surface area contributed by atoms with Crippen LogP contribution in [-0.2, 0) is 4.74 Å². The minimum Gasteiger partial charge on any atom is -0.385 e. The molecule has 0 bridgehead atoms. The van der Waals surface area contributed by atoms with E-state index in [1.165, 1.54) is 32.1 Å². The summed E-state index contributed by atoms with van der Waals surface area (Å²) in [6.07, 6.45) is 9.81. The molecule has 0 aromatic carbocycles. The molecule has 2 rings (SSSR count). The predicted octanol–water partition coefficient (Wildman–Crippen LogP) is 2.24. The Morgan fingerprint density at radius 1 is 1.27 bits per heavy atom. The Kier molecular flexibility index (Phi) is 7.74. The molecule has 1 heterocycles. The Bertz CT molecular complexity index is 363. The summed E-state index contributed by atoms with van der Waals surface area (Å²) >= 11 is 0. The number of ether oxygens (including phenoxy) is 1. The Labute approximate surface area is 134 Å². The van der Waals surface area contributed by atoms with Crippen LogP contribution in [0.1, 0.15) is 38.5 Å². The van der Waals surface area contributed by atoms with Crippen LogP contribution >= 0.6 is 0 Å². The smallest absolute Gasteiger partial charge is 0.317 e. The number of carbonyl (C=O) groups excluding carboxylic acids is 1. The summed E-state index contributed by atoms with van der Waals surface area (Å²) in [6.45, 7) is 6.22. The van der Waals surface area contributed by atoms with Crippen molar-refractivity contribution in [3.05, 3.63) is 11.6 Å². The van der Waals surface area contributed by atoms with Crippen LogP contribution < -0.4 is 5.32 Å². The van der Waals surface area contributed by atoms with E-state index in [2.05, 4.69) is 16.3 Å². The number of amides is 2. The van der Waals surface area contributed by atoms with Gasteiger partial charge in [-0.3, -0.25) is 4.90 Å². The van der Waals surface area contributed by atoms with Gasteiger partial charge in [-0.1, -0.05) is 11.6 Å². The maximum absolute atomic E-state index is 12.0. The number of urea groups is 1. The minimum atomic E-state index is 0.0748. The van der Waals surface area contributed by atoms with Gasteiger partial charge in [0.2, 0.25) is 0 Å². The van der Waals surface area contributed by atoms with Crippen molar-refractivity contribution >= 4 is 6.03 Å². The highest BCUT2D eigenvalue weighted by molar-refractivity contribution is 5.74. The topological polar surface area (TPSA) is 44.8 Å². The van der Waals surface area contributed by atoms with Gasteiger partial charge in [-0.2, -0.15) is 0 Å². The van der Waals surface area contributed by atoms with Crippen LogP contribution in [0.4, 0.5) is 4.79 Å². The van der Waals surface area contributed by atoms with Crippen molar-refractivity contribution in [2.24, 2.45) is 0 Å². The molecule has 5 heteroatoms. The fraction of sp³-hybridized carbons (Fsp3) is 0.824. The van der Waals surface area contributed by atoms with E-state index in [9.17, 15) is 4.79 Å². The Hall–Kier alpha value is -1.07. The van der Waals surface area contributed by atoms with E-state index in [0.717, 1.165) is 39.1 Å². The molecule has 22 heavy (non-hydrogen) atoms. The first kappa shape index (κ1) is 17.3. The Morgan fingerprint density at radius 2 is 2.09 bits per heavy atom. The van der Waals surface area contributed by atoms with E-state index in [1.54, 1.807) is 12.7 Å². The van der Waals surface area contributed by atoms with E-state index < -0.39 is 0 Å². The zero-order valence-electron chi connectivity index (χ0n) is 14.0. The van der Waals surface area contributed by atoms with E-state index >= 15 is 0 Å². The fourth-order valence-electron chi connectivity index (χ4n) is 3.13. The van der Waals surface area contributed by atoms with Crippen molar-refractivity contribution in [1.82, 2.24) is 15.1 Å². The molecule has 0 spiro atoms. The van der Waals surface area contributed by atoms with Gasteiger partial charge in [0.1, 0.15) is 0 Å². The molecular weight excluding hydrogens is 278 g/mol. The molecule has 2 amide bonds. The van der Waals surface area contributed by atoms with Gasteiger partial charge in [0.15, 0.2) is 0 Å². The summed E-state index contributed by atoms with van der Waals surface area (Å²) < 4.78 is 4.98. The molecule has 1 N–H and O–H groups in total. The normalized spacial score (nSPS) is 19.9. The van der Waals surface area contributed by atoms with Gasteiger partial charge >= 0.3 is 6.03 Å². The molecule has 0 aromatic heterocycles. The van der Waals surface area contributed by atoms with E-state index in [-0.39, 0.29) is 6.03 Å². The molecule has 0 radical (unpaired) electrons. The number of piperazine rings is 1. The number of hydrogen-bond donors (Lipinski definition) is 1. The average molecular weight is 309 g/mol. The van der Waals surface area contributed by atoms with Crippen LogP contribution in [0.25, 0.3) is 0 Å². The first-order chi connectivity index (χ1) is 10.8. The number of hydrogen-bond acceptors (Lipinski definition) is 3. The number of rotatable bonds is 7. The number of nitrogens with zero attached hydrogens (tertiary/aromatic N) is 2. The molecule has 1 saturated heterocycles. The van der Waals surface area contributed by atoms with Gasteiger partial charge in [-0.25, -0.2) is 4.79 Å². The molecule has 0 aromatic rings. The third-order valence-electron chi connectivity index (χ3n) is 4.60. The summed E-state index contributed by atoms with van der Waals surface area (Å²) in [6, 6.07) is 0.0748. The van der Waals surface area contributed by atoms with E-state index in [1.807, 2.05) is 4.90 Å². The van der Waals surface area contributed by atoms with Gasteiger partial charge in [-0.05, 0) is 38.5 Å². The SMILES string of the molecule is COCCCNC(=O)N1CCN(CCC2=CCCCC2)CC1.